The second-order valence-electron chi connectivity index (χ2n) is 3.63. The first-order valence-corrected chi connectivity index (χ1v) is 5.36. The molecule has 5 nitrogen and oxygen atoms in total. The molecule has 0 amide bonds. The number of anilines is 1. The molecule has 0 aliphatic heterocycles. The second kappa shape index (κ2) is 6.00. The highest BCUT2D eigenvalue weighted by Crippen LogP contribution is 2.18. The molecule has 0 heterocycles. The lowest BCUT2D eigenvalue weighted by Gasteiger charge is -2.14. The van der Waals surface area contributed by atoms with Gasteiger partial charge in [-0.25, -0.2) is 14.0 Å². The Morgan fingerprint density at radius 3 is 2.67 bits per heavy atom. The standard InChI is InChI=1S/C12H14FNO4/c1-3-9(11(15)16)14-10-6-7(12(17)18-2)4-5-8(10)13/h4-6,9,14H,3H2,1-2H3,(H,15,16). The molecule has 1 rings (SSSR count). The topological polar surface area (TPSA) is 75.6 Å². The Hall–Kier alpha value is -2.11. The van der Waals surface area contributed by atoms with E-state index in [1.807, 2.05) is 0 Å². The number of carbonyl (C=O) groups is 2. The molecule has 0 aromatic heterocycles. The van der Waals surface area contributed by atoms with E-state index < -0.39 is 23.8 Å². The molecule has 0 bridgehead atoms. The fourth-order valence-electron chi connectivity index (χ4n) is 1.41. The van der Waals surface area contributed by atoms with Gasteiger partial charge in [0, 0.05) is 0 Å². The number of carboxylic acids is 1. The largest absolute Gasteiger partial charge is 0.480 e. The van der Waals surface area contributed by atoms with Crippen molar-refractivity contribution >= 4 is 17.6 Å². The zero-order valence-corrected chi connectivity index (χ0v) is 10.1. The van der Waals surface area contributed by atoms with Gasteiger partial charge in [-0.05, 0) is 24.6 Å². The van der Waals surface area contributed by atoms with Crippen LogP contribution in [0, 0.1) is 5.82 Å². The van der Waals surface area contributed by atoms with Crippen LogP contribution in [0.5, 0.6) is 0 Å². The monoisotopic (exact) mass is 255 g/mol. The van der Waals surface area contributed by atoms with Crippen molar-refractivity contribution in [1.82, 2.24) is 0 Å². The molecule has 1 atom stereocenters. The van der Waals surface area contributed by atoms with Gasteiger partial charge in [0.2, 0.25) is 0 Å². The van der Waals surface area contributed by atoms with Gasteiger partial charge in [-0.2, -0.15) is 0 Å². The van der Waals surface area contributed by atoms with E-state index in [-0.39, 0.29) is 17.7 Å². The second-order valence-corrected chi connectivity index (χ2v) is 3.63. The summed E-state index contributed by atoms with van der Waals surface area (Å²) in [5.41, 5.74) is 0.119. The number of esters is 1. The summed E-state index contributed by atoms with van der Waals surface area (Å²) in [5.74, 6) is -2.32. The third-order valence-electron chi connectivity index (χ3n) is 2.42. The molecule has 98 valence electrons. The third-order valence-corrected chi connectivity index (χ3v) is 2.42. The van der Waals surface area contributed by atoms with Crippen LogP contribution in [0.4, 0.5) is 10.1 Å². The van der Waals surface area contributed by atoms with Crippen LogP contribution in [0.25, 0.3) is 0 Å². The summed E-state index contributed by atoms with van der Waals surface area (Å²) < 4.78 is 18.0. The van der Waals surface area contributed by atoms with Gasteiger partial charge in [0.05, 0.1) is 18.4 Å². The molecular formula is C12H14FNO4. The van der Waals surface area contributed by atoms with Crippen molar-refractivity contribution in [3.63, 3.8) is 0 Å². The Morgan fingerprint density at radius 2 is 2.17 bits per heavy atom. The quantitative estimate of drug-likeness (QED) is 0.786. The molecule has 0 radical (unpaired) electrons. The first kappa shape index (κ1) is 14.0. The van der Waals surface area contributed by atoms with E-state index in [1.165, 1.54) is 19.2 Å². The van der Waals surface area contributed by atoms with Gasteiger partial charge in [-0.1, -0.05) is 6.92 Å². The van der Waals surface area contributed by atoms with Crippen molar-refractivity contribution in [2.24, 2.45) is 0 Å². The van der Waals surface area contributed by atoms with E-state index in [4.69, 9.17) is 5.11 Å². The summed E-state index contributed by atoms with van der Waals surface area (Å²) in [6.45, 7) is 1.66. The minimum Gasteiger partial charge on any atom is -0.480 e. The van der Waals surface area contributed by atoms with Crippen molar-refractivity contribution in [1.29, 1.82) is 0 Å². The number of methoxy groups -OCH3 is 1. The molecule has 2 N–H and O–H groups in total. The van der Waals surface area contributed by atoms with E-state index in [1.54, 1.807) is 6.92 Å². The molecule has 1 aromatic carbocycles. The van der Waals surface area contributed by atoms with Gasteiger partial charge in [-0.15, -0.1) is 0 Å². The van der Waals surface area contributed by atoms with E-state index in [0.29, 0.717) is 0 Å². The van der Waals surface area contributed by atoms with Gasteiger partial charge >= 0.3 is 11.9 Å². The number of halogens is 1. The predicted molar refractivity (Wildman–Crippen MR) is 63.1 cm³/mol. The smallest absolute Gasteiger partial charge is 0.337 e. The number of benzene rings is 1. The van der Waals surface area contributed by atoms with Gasteiger partial charge in [-0.3, -0.25) is 0 Å². The maximum absolute atomic E-state index is 13.5. The molecule has 6 heteroatoms. The summed E-state index contributed by atoms with van der Waals surface area (Å²) in [6, 6.07) is 2.68. The number of nitrogens with one attached hydrogen (secondary N) is 1. The minimum absolute atomic E-state index is 0.0350. The van der Waals surface area contributed by atoms with Crippen LogP contribution in [0.1, 0.15) is 23.7 Å². The van der Waals surface area contributed by atoms with Crippen LogP contribution in [-0.2, 0) is 9.53 Å². The highest BCUT2D eigenvalue weighted by molar-refractivity contribution is 5.90. The summed E-state index contributed by atoms with van der Waals surface area (Å²) in [5, 5.41) is 11.4. The van der Waals surface area contributed by atoms with E-state index >= 15 is 0 Å². The third kappa shape index (κ3) is 3.19. The molecule has 18 heavy (non-hydrogen) atoms. The number of hydrogen-bond acceptors (Lipinski definition) is 4. The first-order chi connectivity index (χ1) is 8.49. The van der Waals surface area contributed by atoms with Crippen molar-refractivity contribution in [3.05, 3.63) is 29.6 Å². The number of aliphatic carboxylic acids is 1. The first-order valence-electron chi connectivity index (χ1n) is 5.36. The van der Waals surface area contributed by atoms with Gasteiger partial charge in [0.15, 0.2) is 0 Å². The lowest BCUT2D eigenvalue weighted by Crippen LogP contribution is -2.28. The van der Waals surface area contributed by atoms with Crippen LogP contribution < -0.4 is 5.32 Å². The fourth-order valence-corrected chi connectivity index (χ4v) is 1.41. The molecule has 1 unspecified atom stereocenters. The maximum atomic E-state index is 13.5. The lowest BCUT2D eigenvalue weighted by molar-refractivity contribution is -0.137. The van der Waals surface area contributed by atoms with Crippen LogP contribution in [0.15, 0.2) is 18.2 Å². The number of ether oxygens (including phenoxy) is 1. The number of rotatable bonds is 5. The van der Waals surface area contributed by atoms with Crippen LogP contribution in [0.3, 0.4) is 0 Å². The number of carbonyl (C=O) groups excluding carboxylic acids is 1. The van der Waals surface area contributed by atoms with Crippen molar-refractivity contribution < 1.29 is 23.8 Å². The molecule has 0 saturated heterocycles. The van der Waals surface area contributed by atoms with Crippen LogP contribution >= 0.6 is 0 Å². The Balaban J connectivity index is 3.00. The molecule has 0 aliphatic carbocycles. The molecule has 0 spiro atoms. The van der Waals surface area contributed by atoms with Gasteiger partial charge < -0.3 is 15.2 Å². The lowest BCUT2D eigenvalue weighted by atomic mass is 10.1. The zero-order chi connectivity index (χ0) is 13.7. The highest BCUT2D eigenvalue weighted by Gasteiger charge is 2.17. The molecule has 0 saturated carbocycles. The van der Waals surface area contributed by atoms with Crippen LogP contribution in [0.2, 0.25) is 0 Å². The van der Waals surface area contributed by atoms with Crippen molar-refractivity contribution in [2.75, 3.05) is 12.4 Å². The zero-order valence-electron chi connectivity index (χ0n) is 10.1. The molecule has 0 fully saturated rings. The summed E-state index contributed by atoms with van der Waals surface area (Å²) in [6.07, 6.45) is 0.289. The van der Waals surface area contributed by atoms with E-state index in [2.05, 4.69) is 10.1 Å². The Labute approximate surface area is 104 Å². The number of carboxylic acid groups (broad SMARTS) is 1. The summed E-state index contributed by atoms with van der Waals surface area (Å²) in [4.78, 5) is 22.1. The Kier molecular flexibility index (Phi) is 4.65. The maximum Gasteiger partial charge on any atom is 0.337 e. The molecule has 0 aliphatic rings. The van der Waals surface area contributed by atoms with Crippen molar-refractivity contribution in [2.45, 2.75) is 19.4 Å². The minimum atomic E-state index is -1.08. The normalized spacial score (nSPS) is 11.7. The Morgan fingerprint density at radius 1 is 1.50 bits per heavy atom. The summed E-state index contributed by atoms with van der Waals surface area (Å²) in [7, 11) is 1.21. The Bertz CT molecular complexity index is 461. The van der Waals surface area contributed by atoms with Crippen molar-refractivity contribution in [3.8, 4) is 0 Å². The average molecular weight is 255 g/mol. The fraction of sp³-hybridized carbons (Fsp3) is 0.333. The highest BCUT2D eigenvalue weighted by atomic mass is 19.1. The predicted octanol–water partition coefficient (Wildman–Crippen LogP) is 1.89. The summed E-state index contributed by atoms with van der Waals surface area (Å²) >= 11 is 0. The number of hydrogen-bond donors (Lipinski definition) is 2. The van der Waals surface area contributed by atoms with Crippen LogP contribution in [-0.4, -0.2) is 30.2 Å². The van der Waals surface area contributed by atoms with Gasteiger partial charge in [0.25, 0.3) is 0 Å². The van der Waals surface area contributed by atoms with E-state index in [0.717, 1.165) is 6.07 Å². The van der Waals surface area contributed by atoms with Gasteiger partial charge in [0.1, 0.15) is 11.9 Å². The molecular weight excluding hydrogens is 241 g/mol. The molecule has 1 aromatic rings. The average Bonchev–Trinajstić information content (AvgIpc) is 2.36. The SMILES string of the molecule is CCC(Nc1cc(C(=O)OC)ccc1F)C(=O)O. The van der Waals surface area contributed by atoms with E-state index in [9.17, 15) is 14.0 Å².